The molecule has 5 N–H and O–H groups in total. The molecular weight excluding hydrogens is 961 g/mol. The molecule has 2 saturated heterocycles. The molecule has 9 rings (SSSR count). The summed E-state index contributed by atoms with van der Waals surface area (Å²) in [5.41, 5.74) is 6.98. The van der Waals surface area contributed by atoms with E-state index in [9.17, 15) is 14.7 Å². The number of primary amides is 1. The molecule has 0 bridgehead atoms. The molecule has 0 saturated carbocycles. The minimum absolute atomic E-state index is 0.0390. The lowest BCUT2D eigenvalue weighted by Crippen LogP contribution is -2.58. The molecule has 0 aliphatic carbocycles. The Hall–Kier alpha value is -8.40. The van der Waals surface area contributed by atoms with E-state index in [-0.39, 0.29) is 49.8 Å². The fourth-order valence-electron chi connectivity index (χ4n) is 11.3. The van der Waals surface area contributed by atoms with Crippen molar-refractivity contribution in [3.05, 3.63) is 154 Å². The number of urea groups is 2. The Bertz CT molecular complexity index is 3090. The quantitative estimate of drug-likeness (QED) is 0.0874. The van der Waals surface area contributed by atoms with Gasteiger partial charge in [-0.15, -0.1) is 0 Å². The van der Waals surface area contributed by atoms with Gasteiger partial charge in [0.25, 0.3) is 0 Å². The number of hydrogen-bond acceptors (Lipinski definition) is 13. The number of cyclic esters (lactones) is 1. The summed E-state index contributed by atoms with van der Waals surface area (Å²) >= 11 is 0. The maximum Gasteiger partial charge on any atom is 0.329 e. The first kappa shape index (κ1) is 51.5. The average molecular weight is 1020 g/mol. The van der Waals surface area contributed by atoms with Gasteiger partial charge in [-0.2, -0.15) is 0 Å². The third-order valence-electron chi connectivity index (χ3n) is 14.5. The highest BCUT2D eigenvalue weighted by molar-refractivity contribution is 6.25. The number of aliphatic hydroxyl groups excluding tert-OH is 1. The number of nitrogens with one attached hydrogen (secondary N) is 2. The van der Waals surface area contributed by atoms with Gasteiger partial charge in [0.05, 0.1) is 58.2 Å². The Morgan fingerprint density at radius 3 is 2.16 bits per heavy atom. The van der Waals surface area contributed by atoms with E-state index in [2.05, 4.69) is 22.5 Å². The van der Waals surface area contributed by atoms with Crippen molar-refractivity contribution in [2.45, 2.75) is 62.5 Å². The van der Waals surface area contributed by atoms with E-state index in [1.807, 2.05) is 71.6 Å². The summed E-state index contributed by atoms with van der Waals surface area (Å²) in [5.74, 6) is 1.91. The van der Waals surface area contributed by atoms with E-state index < -0.39 is 83.3 Å². The zero-order valence-electron chi connectivity index (χ0n) is 42.1. The van der Waals surface area contributed by atoms with Gasteiger partial charge in [0.15, 0.2) is 11.5 Å². The van der Waals surface area contributed by atoms with Crippen LogP contribution in [-0.2, 0) is 47.0 Å². The van der Waals surface area contributed by atoms with Gasteiger partial charge in [-0.05, 0) is 76.6 Å². The van der Waals surface area contributed by atoms with Crippen molar-refractivity contribution in [3.63, 3.8) is 0 Å². The van der Waals surface area contributed by atoms with Gasteiger partial charge >= 0.3 is 24.0 Å². The second-order valence-electron chi connectivity index (χ2n) is 18.9. The molecule has 18 heteroatoms. The largest absolute Gasteiger partial charge is 0.493 e. The minimum Gasteiger partial charge on any atom is -0.493 e. The number of hydrogen-bond donors (Lipinski definition) is 4. The summed E-state index contributed by atoms with van der Waals surface area (Å²) in [6.07, 6.45) is -0.649. The van der Waals surface area contributed by atoms with Gasteiger partial charge < -0.3 is 50.1 Å². The summed E-state index contributed by atoms with van der Waals surface area (Å²) in [4.78, 5) is 94.1. The van der Waals surface area contributed by atoms with E-state index in [0.717, 1.165) is 16.0 Å². The second kappa shape index (κ2) is 21.6. The summed E-state index contributed by atoms with van der Waals surface area (Å²) in [6, 6.07) is 27.1. The van der Waals surface area contributed by atoms with Crippen LogP contribution < -0.4 is 35.5 Å². The smallest absolute Gasteiger partial charge is 0.329 e. The minimum atomic E-state index is -2.23. The number of fused-ring (bicyclic) bond motifs is 4. The average Bonchev–Trinajstić information content (AvgIpc) is 4.04. The summed E-state index contributed by atoms with van der Waals surface area (Å²) < 4.78 is 29.4. The zero-order chi connectivity index (χ0) is 53.1. The van der Waals surface area contributed by atoms with Gasteiger partial charge in [0, 0.05) is 24.2 Å². The van der Waals surface area contributed by atoms with Crippen LogP contribution in [-0.4, -0.2) is 110 Å². The molecule has 7 atom stereocenters. The number of para-hydroxylation sites is 1. The Kier molecular flexibility index (Phi) is 14.8. The SMILES string of the molecule is COC(=O)[C@@H](NC(=O)N1C(=O)[C@@]2(c3cc(C#CCNC(N)=O)ccc31)[C@H](C(=O)N1CCc3cc(OC)c(OC)cc3C1)[C@H]1C(=O)O[C@H](c3ccccc3)[C@H](c3ccccc3)N1[C@@H]2c1ccccc1OCCO)C(C)C. The molecule has 5 aromatic carbocycles. The van der Waals surface area contributed by atoms with Gasteiger partial charge in [-0.1, -0.05) is 105 Å². The number of benzene rings is 5. The van der Waals surface area contributed by atoms with Gasteiger partial charge in [0.2, 0.25) is 11.8 Å². The van der Waals surface area contributed by atoms with Crippen LogP contribution >= 0.6 is 0 Å². The molecule has 2 fully saturated rings. The van der Waals surface area contributed by atoms with Crippen LogP contribution in [0.2, 0.25) is 0 Å². The standard InChI is InChI=1S/C57H58N6O12/c1-33(2)46(52(66)73-5)60-56(70)62-41-23-22-34(15-14-25-59-55(58)69)29-40(41)57(54(62)68)45(51(65)61-26-24-37-30-43(71-3)44(72-4)31-38(37)32-61)48-53(67)75-49(36-18-10-7-11-19-36)47(35-16-8-6-9-17-35)63(48)50(57)39-20-12-13-21-42(39)74-28-27-64/h6-13,16-23,29-31,33,45-50,64H,24-28,32H2,1-5H3,(H,60,70)(H3,58,59,69)/t45-,46-,47-,48-,49+,50+,57-/m0/s1. The van der Waals surface area contributed by atoms with Crippen LogP contribution in [0, 0.1) is 23.7 Å². The predicted molar refractivity (Wildman–Crippen MR) is 273 cm³/mol. The molecular formula is C57H58N6O12. The highest BCUT2D eigenvalue weighted by Crippen LogP contribution is 2.67. The van der Waals surface area contributed by atoms with Crippen molar-refractivity contribution in [2.75, 3.05) is 52.5 Å². The number of nitrogens with two attached hydrogens (primary N) is 1. The van der Waals surface area contributed by atoms with Crippen molar-refractivity contribution in [1.29, 1.82) is 0 Å². The molecule has 18 nitrogen and oxygen atoms in total. The molecule has 4 heterocycles. The topological polar surface area (TPSA) is 229 Å². The number of rotatable bonds is 13. The van der Waals surface area contributed by atoms with Crippen LogP contribution in [0.15, 0.2) is 115 Å². The first-order chi connectivity index (χ1) is 36.3. The Morgan fingerprint density at radius 2 is 1.51 bits per heavy atom. The third kappa shape index (κ3) is 9.22. The van der Waals surface area contributed by atoms with Crippen LogP contribution in [0.5, 0.6) is 17.2 Å². The number of anilines is 1. The van der Waals surface area contributed by atoms with Crippen molar-refractivity contribution < 1.29 is 57.6 Å². The molecule has 6 amide bonds. The molecule has 0 radical (unpaired) electrons. The van der Waals surface area contributed by atoms with E-state index in [1.54, 1.807) is 68.3 Å². The number of amides is 6. The zero-order valence-corrected chi connectivity index (χ0v) is 42.1. The van der Waals surface area contributed by atoms with Crippen molar-refractivity contribution >= 4 is 41.5 Å². The summed E-state index contributed by atoms with van der Waals surface area (Å²) in [6.45, 7) is 2.95. The van der Waals surface area contributed by atoms with E-state index in [0.29, 0.717) is 40.2 Å². The van der Waals surface area contributed by atoms with Crippen LogP contribution in [0.25, 0.3) is 0 Å². The summed E-state index contributed by atoms with van der Waals surface area (Å²) in [5, 5.41) is 15.4. The molecule has 0 unspecified atom stereocenters. The lowest BCUT2D eigenvalue weighted by molar-refractivity contribution is -0.179. The lowest BCUT2D eigenvalue weighted by Gasteiger charge is -2.46. The molecule has 4 aliphatic rings. The highest BCUT2D eigenvalue weighted by Gasteiger charge is 2.76. The van der Waals surface area contributed by atoms with Crippen molar-refractivity contribution in [3.8, 4) is 29.1 Å². The molecule has 388 valence electrons. The van der Waals surface area contributed by atoms with E-state index >= 15 is 19.2 Å². The van der Waals surface area contributed by atoms with Crippen molar-refractivity contribution in [2.24, 2.45) is 17.6 Å². The maximum absolute atomic E-state index is 17.0. The fourth-order valence-corrected chi connectivity index (χ4v) is 11.3. The Morgan fingerprint density at radius 1 is 0.840 bits per heavy atom. The van der Waals surface area contributed by atoms with E-state index in [4.69, 9.17) is 29.4 Å². The Labute approximate surface area is 434 Å². The van der Waals surface area contributed by atoms with Crippen LogP contribution in [0.3, 0.4) is 0 Å². The molecule has 5 aromatic rings. The molecule has 1 spiro atoms. The number of carbonyl (C=O) groups excluding carboxylic acids is 6. The fraction of sp³-hybridized carbons (Fsp3) is 0.333. The van der Waals surface area contributed by atoms with Gasteiger partial charge in [0.1, 0.15) is 36.0 Å². The summed E-state index contributed by atoms with van der Waals surface area (Å²) in [7, 11) is 4.25. The number of methoxy groups -OCH3 is 3. The second-order valence-corrected chi connectivity index (χ2v) is 18.9. The maximum atomic E-state index is 17.0. The normalized spacial score (nSPS) is 21.9. The first-order valence-electron chi connectivity index (χ1n) is 24.6. The lowest BCUT2D eigenvalue weighted by atomic mass is 9.64. The number of imide groups is 1. The van der Waals surface area contributed by atoms with E-state index in [1.165, 1.54) is 20.3 Å². The predicted octanol–water partition coefficient (Wildman–Crippen LogP) is 5.25. The number of nitrogens with zero attached hydrogens (tertiary/aromatic N) is 3. The highest BCUT2D eigenvalue weighted by atomic mass is 16.6. The number of esters is 2. The monoisotopic (exact) mass is 1020 g/mol. The third-order valence-corrected chi connectivity index (χ3v) is 14.5. The van der Waals surface area contributed by atoms with Gasteiger partial charge in [-0.3, -0.25) is 19.3 Å². The molecule has 0 aromatic heterocycles. The first-order valence-corrected chi connectivity index (χ1v) is 24.6. The number of aliphatic hydroxyl groups is 1. The van der Waals surface area contributed by atoms with Crippen LogP contribution in [0.4, 0.5) is 15.3 Å². The molecule has 75 heavy (non-hydrogen) atoms. The number of ether oxygens (including phenoxy) is 5. The number of morpholine rings is 1. The van der Waals surface area contributed by atoms with Crippen LogP contribution in [0.1, 0.15) is 71.0 Å². The Balaban J connectivity index is 1.37. The molecule has 4 aliphatic heterocycles. The number of carbonyl (C=O) groups is 6. The van der Waals surface area contributed by atoms with Crippen molar-refractivity contribution in [1.82, 2.24) is 20.4 Å². The van der Waals surface area contributed by atoms with Gasteiger partial charge in [-0.25, -0.2) is 19.3 Å².